The van der Waals surface area contributed by atoms with Crippen LogP contribution in [-0.2, 0) is 24.4 Å². The van der Waals surface area contributed by atoms with Crippen LogP contribution in [0.1, 0.15) is 47.0 Å². The summed E-state index contributed by atoms with van der Waals surface area (Å²) in [6, 6.07) is 0. The van der Waals surface area contributed by atoms with Crippen LogP contribution < -0.4 is 0 Å². The van der Waals surface area contributed by atoms with Crippen LogP contribution in [0.3, 0.4) is 0 Å². The number of unbranched alkanes of at least 4 members (excludes halogenated alkanes) is 2. The van der Waals surface area contributed by atoms with Crippen LogP contribution in [0.2, 0.25) is 0 Å². The Bertz CT molecular complexity index is 327. The van der Waals surface area contributed by atoms with Crippen molar-refractivity contribution in [2.45, 2.75) is 47.0 Å². The predicted molar refractivity (Wildman–Crippen MR) is 67.8 cm³/mol. The smallest absolute Gasteiger partial charge is 0.373 e. The summed E-state index contributed by atoms with van der Waals surface area (Å²) < 4.78 is 0. The van der Waals surface area contributed by atoms with E-state index in [0.717, 1.165) is 25.3 Å². The number of aliphatic carboxylic acids is 1. The molecule has 0 unspecified atom stereocenters. The highest BCUT2D eigenvalue weighted by Gasteiger charge is 2.27. The van der Waals surface area contributed by atoms with Crippen molar-refractivity contribution in [3.05, 3.63) is 11.6 Å². The van der Waals surface area contributed by atoms with Crippen LogP contribution in [0.5, 0.6) is 0 Å². The summed E-state index contributed by atoms with van der Waals surface area (Å²) in [5, 5.41) is 13.0. The van der Waals surface area contributed by atoms with Crippen molar-refractivity contribution in [3.8, 4) is 0 Å². The van der Waals surface area contributed by atoms with Gasteiger partial charge in [0.2, 0.25) is 0 Å². The molecule has 0 saturated carbocycles. The van der Waals surface area contributed by atoms with Gasteiger partial charge in [0.1, 0.15) is 0 Å². The first-order valence-electron chi connectivity index (χ1n) is 6.24. The molecule has 0 aromatic rings. The second kappa shape index (κ2) is 8.66. The van der Waals surface area contributed by atoms with Crippen molar-refractivity contribution in [3.63, 3.8) is 0 Å². The second-order valence-corrected chi connectivity index (χ2v) is 5.11. The van der Waals surface area contributed by atoms with Gasteiger partial charge in [-0.3, -0.25) is 4.89 Å². The van der Waals surface area contributed by atoms with Crippen molar-refractivity contribution in [2.75, 3.05) is 6.61 Å². The number of carbonyl (C=O) groups is 2. The van der Waals surface area contributed by atoms with E-state index in [1.54, 1.807) is 20.8 Å². The van der Waals surface area contributed by atoms with Gasteiger partial charge in [-0.2, -0.15) is 4.89 Å². The molecule has 110 valence electrons. The molecular formula is C13H22O6. The van der Waals surface area contributed by atoms with E-state index in [2.05, 4.69) is 14.8 Å². The molecule has 0 aliphatic carbocycles. The van der Waals surface area contributed by atoms with Gasteiger partial charge < -0.3 is 5.11 Å². The Morgan fingerprint density at radius 3 is 2.32 bits per heavy atom. The van der Waals surface area contributed by atoms with E-state index in [-0.39, 0.29) is 5.57 Å². The summed E-state index contributed by atoms with van der Waals surface area (Å²) in [6.45, 7) is 7.46. The Morgan fingerprint density at radius 1 is 1.21 bits per heavy atom. The van der Waals surface area contributed by atoms with Crippen LogP contribution in [0.4, 0.5) is 0 Å². The molecule has 0 atom stereocenters. The zero-order valence-corrected chi connectivity index (χ0v) is 11.9. The zero-order valence-electron chi connectivity index (χ0n) is 11.9. The van der Waals surface area contributed by atoms with E-state index in [4.69, 9.17) is 5.11 Å². The molecule has 0 amide bonds. The monoisotopic (exact) mass is 274 g/mol. The van der Waals surface area contributed by atoms with Crippen molar-refractivity contribution in [1.29, 1.82) is 0 Å². The van der Waals surface area contributed by atoms with Crippen LogP contribution in [0.25, 0.3) is 0 Å². The fourth-order valence-electron chi connectivity index (χ4n) is 1.25. The average Bonchev–Trinajstić information content (AvgIpc) is 2.28. The lowest BCUT2D eigenvalue weighted by Crippen LogP contribution is -2.22. The first-order chi connectivity index (χ1) is 8.79. The normalized spacial score (nSPS) is 12.3. The van der Waals surface area contributed by atoms with Gasteiger partial charge in [0.25, 0.3) is 0 Å². The number of rotatable bonds is 8. The highest BCUT2D eigenvalue weighted by Crippen LogP contribution is 2.26. The third kappa shape index (κ3) is 8.34. The summed E-state index contributed by atoms with van der Waals surface area (Å²) in [5.41, 5.74) is -0.668. The van der Waals surface area contributed by atoms with E-state index in [1.165, 1.54) is 0 Å². The topological polar surface area (TPSA) is 82.1 Å². The molecule has 0 bridgehead atoms. The van der Waals surface area contributed by atoms with Crippen molar-refractivity contribution in [2.24, 2.45) is 5.41 Å². The maximum Gasteiger partial charge on any atom is 0.373 e. The molecule has 1 N–H and O–H groups in total. The summed E-state index contributed by atoms with van der Waals surface area (Å²) in [7, 11) is 0. The van der Waals surface area contributed by atoms with E-state index >= 15 is 0 Å². The molecule has 0 rings (SSSR count). The number of carboxylic acids is 1. The standard InChI is InChI=1S/C13H22O6/c1-5-6-7-8-17-19-18-12(16)10(9-11(14)15)13(2,3)4/h9H,5-8H2,1-4H3,(H,14,15). The Balaban J connectivity index is 4.25. The van der Waals surface area contributed by atoms with E-state index in [0.29, 0.717) is 6.61 Å². The quantitative estimate of drug-likeness (QED) is 0.317. The highest BCUT2D eigenvalue weighted by atomic mass is 17.5. The summed E-state index contributed by atoms with van der Waals surface area (Å²) in [5.74, 6) is -2.09. The van der Waals surface area contributed by atoms with Gasteiger partial charge in [-0.1, -0.05) is 40.5 Å². The Hall–Kier alpha value is -1.40. The van der Waals surface area contributed by atoms with E-state index in [1.807, 2.05) is 6.92 Å². The molecule has 0 aliphatic rings. The molecule has 0 aliphatic heterocycles. The molecule has 0 saturated heterocycles. The molecule has 6 nitrogen and oxygen atoms in total. The molecule has 0 heterocycles. The van der Waals surface area contributed by atoms with Gasteiger partial charge in [-0.05, 0) is 16.9 Å². The fraction of sp³-hybridized carbons (Fsp3) is 0.692. The molecule has 0 aromatic heterocycles. The Morgan fingerprint density at radius 2 is 1.84 bits per heavy atom. The number of carboxylic acid groups (broad SMARTS) is 1. The van der Waals surface area contributed by atoms with Crippen LogP contribution in [0.15, 0.2) is 11.6 Å². The minimum absolute atomic E-state index is 0.00263. The van der Waals surface area contributed by atoms with Gasteiger partial charge in [-0.25, -0.2) is 9.59 Å². The summed E-state index contributed by atoms with van der Waals surface area (Å²) in [6.07, 6.45) is 3.63. The second-order valence-electron chi connectivity index (χ2n) is 5.11. The lowest BCUT2D eigenvalue weighted by molar-refractivity contribution is -0.485. The summed E-state index contributed by atoms with van der Waals surface area (Å²) in [4.78, 5) is 31.4. The largest absolute Gasteiger partial charge is 0.478 e. The lowest BCUT2D eigenvalue weighted by Gasteiger charge is -2.19. The maximum atomic E-state index is 11.7. The van der Waals surface area contributed by atoms with Crippen LogP contribution >= 0.6 is 0 Å². The molecule has 0 radical (unpaired) electrons. The average molecular weight is 274 g/mol. The van der Waals surface area contributed by atoms with E-state index in [9.17, 15) is 9.59 Å². The van der Waals surface area contributed by atoms with E-state index < -0.39 is 17.4 Å². The molecule has 19 heavy (non-hydrogen) atoms. The molecule has 6 heteroatoms. The highest BCUT2D eigenvalue weighted by molar-refractivity contribution is 5.96. The third-order valence-electron chi connectivity index (χ3n) is 2.28. The third-order valence-corrected chi connectivity index (χ3v) is 2.28. The first kappa shape index (κ1) is 17.6. The van der Waals surface area contributed by atoms with Gasteiger partial charge in [-0.15, -0.1) is 0 Å². The Labute approximate surface area is 113 Å². The fourth-order valence-corrected chi connectivity index (χ4v) is 1.25. The lowest BCUT2D eigenvalue weighted by atomic mass is 9.86. The minimum atomic E-state index is -1.22. The van der Waals surface area contributed by atoms with Crippen molar-refractivity contribution in [1.82, 2.24) is 0 Å². The predicted octanol–water partition coefficient (Wildman–Crippen LogP) is 2.64. The number of carbonyl (C=O) groups excluding carboxylic acids is 1. The number of hydrogen-bond acceptors (Lipinski definition) is 5. The van der Waals surface area contributed by atoms with Gasteiger partial charge in [0.15, 0.2) is 0 Å². The van der Waals surface area contributed by atoms with Gasteiger partial charge in [0.05, 0.1) is 12.2 Å². The van der Waals surface area contributed by atoms with Gasteiger partial charge >= 0.3 is 11.9 Å². The van der Waals surface area contributed by atoms with Gasteiger partial charge in [0, 0.05) is 6.08 Å². The minimum Gasteiger partial charge on any atom is -0.478 e. The molecule has 0 fully saturated rings. The summed E-state index contributed by atoms with van der Waals surface area (Å²) >= 11 is 0. The van der Waals surface area contributed by atoms with Crippen LogP contribution in [-0.4, -0.2) is 23.7 Å². The number of hydrogen-bond donors (Lipinski definition) is 1. The molecule has 0 spiro atoms. The van der Waals surface area contributed by atoms with Crippen LogP contribution in [0, 0.1) is 5.41 Å². The molecule has 0 aromatic carbocycles. The zero-order chi connectivity index (χ0) is 14.9. The maximum absolute atomic E-state index is 11.7. The van der Waals surface area contributed by atoms with Crippen molar-refractivity contribution < 1.29 is 29.5 Å². The first-order valence-corrected chi connectivity index (χ1v) is 6.24. The Kier molecular flexibility index (Phi) is 8.02. The SMILES string of the molecule is CCCCCOOOC(=O)C(=CC(=O)O)C(C)(C)C. The van der Waals surface area contributed by atoms with Crippen molar-refractivity contribution >= 4 is 11.9 Å². The molecular weight excluding hydrogens is 252 g/mol.